The second kappa shape index (κ2) is 11.7. The monoisotopic (exact) mass is 268 g/mol. The van der Waals surface area contributed by atoms with Gasteiger partial charge in [-0.1, -0.05) is 9.05 Å². The van der Waals surface area contributed by atoms with Crippen molar-refractivity contribution in [3.63, 3.8) is 0 Å². The number of hydrogen-bond donors (Lipinski definition) is 1. The molecule has 3 nitrogen and oxygen atoms in total. The molecule has 0 aliphatic carbocycles. The Hall–Kier alpha value is 1.91. The molecule has 0 atom stereocenters. The fourth-order valence-corrected chi connectivity index (χ4v) is 0.0137. The summed E-state index contributed by atoms with van der Waals surface area (Å²) < 4.78 is 20.5. The molecule has 0 bridgehead atoms. The van der Waals surface area contributed by atoms with E-state index in [1.807, 2.05) is 0 Å². The van der Waals surface area contributed by atoms with E-state index in [1.165, 1.54) is 0 Å². The first-order chi connectivity index (χ1) is 2.81. The molecule has 0 aromatic rings. The van der Waals surface area contributed by atoms with Gasteiger partial charge in [0.05, 0.1) is 0 Å². The predicted molar refractivity (Wildman–Crippen MR) is 30.3 cm³/mol. The maximum atomic E-state index is 10.3. The molecule has 0 rings (SSSR count). The van der Waals surface area contributed by atoms with Crippen LogP contribution < -0.4 is 0 Å². The third-order valence-electron chi connectivity index (χ3n) is 0.152. The zero-order valence-corrected chi connectivity index (χ0v) is 7.74. The summed E-state index contributed by atoms with van der Waals surface area (Å²) in [5.74, 6) is 0. The van der Waals surface area contributed by atoms with Gasteiger partial charge in [-0.15, -0.1) is 0 Å². The van der Waals surface area contributed by atoms with Gasteiger partial charge in [0.15, 0.2) is 17.4 Å². The molecule has 0 spiro atoms. The first-order valence-electron chi connectivity index (χ1n) is 1.04. The van der Waals surface area contributed by atoms with Crippen LogP contribution in [0.25, 0.3) is 0 Å². The van der Waals surface area contributed by atoms with Crippen LogP contribution in [0, 0.1) is 0 Å². The second-order valence-corrected chi connectivity index (χ2v) is 0.485. The fourth-order valence-electron chi connectivity index (χ4n) is 0.0137. The molecular formula is H6AlBBaF2O3. The third-order valence-corrected chi connectivity index (χ3v) is 0.152. The Morgan fingerprint density at radius 3 is 1.62 bits per heavy atom. The molecule has 0 amide bonds. The van der Waals surface area contributed by atoms with Crippen LogP contribution in [0.1, 0.15) is 2.85 Å². The Bertz CT molecular complexity index is 43.7. The van der Waals surface area contributed by atoms with Gasteiger partial charge < -0.3 is 7.88 Å². The number of hydrogen-bond acceptors (Lipinski definition) is 3. The van der Waals surface area contributed by atoms with Crippen LogP contribution in [0.2, 0.25) is 0 Å². The van der Waals surface area contributed by atoms with Crippen molar-refractivity contribution in [2.45, 2.75) is 0 Å². The van der Waals surface area contributed by atoms with E-state index >= 15 is 0 Å². The van der Waals surface area contributed by atoms with E-state index in [4.69, 9.17) is 5.02 Å². The van der Waals surface area contributed by atoms with Crippen molar-refractivity contribution in [2.75, 3.05) is 0 Å². The van der Waals surface area contributed by atoms with Gasteiger partial charge in [-0.2, -0.15) is 9.72 Å². The Labute approximate surface area is 98.9 Å². The van der Waals surface area contributed by atoms with Gasteiger partial charge >= 0.3 is 56.2 Å². The summed E-state index contributed by atoms with van der Waals surface area (Å²) in [7, 11) is -2.40. The van der Waals surface area contributed by atoms with Crippen molar-refractivity contribution in [3.8, 4) is 0 Å². The Balaban J connectivity index is -0.0000000208. The van der Waals surface area contributed by atoms with E-state index in [9.17, 15) is 9.05 Å². The molecular weight excluding hydrogens is 261 g/mol. The van der Waals surface area contributed by atoms with Gasteiger partial charge in [-0.25, -0.2) is 0 Å². The molecule has 46 valence electrons. The predicted octanol–water partition coefficient (Wildman–Crippen LogP) is -1.57. The van der Waals surface area contributed by atoms with Gasteiger partial charge in [0, 0.05) is 0 Å². The van der Waals surface area contributed by atoms with Crippen LogP contribution in [0.5, 0.6) is 0 Å². The van der Waals surface area contributed by atoms with Gasteiger partial charge in [0.2, 0.25) is 0 Å². The summed E-state index contributed by atoms with van der Waals surface area (Å²) in [6, 6.07) is 0. The average Bonchev–Trinajstić information content (AvgIpc) is 1.65. The van der Waals surface area contributed by atoms with Crippen molar-refractivity contribution in [1.82, 2.24) is 0 Å². The minimum absolute atomic E-state index is 0. The molecule has 0 aromatic carbocycles. The molecule has 0 heterocycles. The van der Waals surface area contributed by atoms with E-state index < -0.39 is 7.32 Å². The van der Waals surface area contributed by atoms with Crippen LogP contribution in [0.4, 0.5) is 9.05 Å². The zero-order chi connectivity index (χ0) is 4.99. The molecule has 8 heavy (non-hydrogen) atoms. The molecule has 0 unspecified atom stereocenters. The SMILES string of the molecule is OB(OF)OF.[AlH3].[Ba+2].[H-].[H-]. The zero-order valence-electron chi connectivity index (χ0n) is 5.30. The summed E-state index contributed by atoms with van der Waals surface area (Å²) >= 11 is 0. The van der Waals surface area contributed by atoms with E-state index in [0.29, 0.717) is 0 Å². The maximum Gasteiger partial charge on any atom is 2.00 e. The van der Waals surface area contributed by atoms with E-state index in [2.05, 4.69) is 9.72 Å². The van der Waals surface area contributed by atoms with Crippen molar-refractivity contribution in [2.24, 2.45) is 0 Å². The molecule has 8 heteroatoms. The number of halogens is 2. The van der Waals surface area contributed by atoms with Crippen LogP contribution in [-0.2, 0) is 9.72 Å². The van der Waals surface area contributed by atoms with E-state index in [1.54, 1.807) is 0 Å². The minimum atomic E-state index is -2.40. The van der Waals surface area contributed by atoms with E-state index in [-0.39, 0.29) is 69.1 Å². The molecule has 0 saturated carbocycles. The van der Waals surface area contributed by atoms with Gasteiger partial charge in [-0.05, 0) is 0 Å². The summed E-state index contributed by atoms with van der Waals surface area (Å²) in [5.41, 5.74) is 0. The third kappa shape index (κ3) is 10.8. The summed E-state index contributed by atoms with van der Waals surface area (Å²) in [6.45, 7) is 0. The largest absolute Gasteiger partial charge is 2.00 e. The quantitative estimate of drug-likeness (QED) is 0.614. The first kappa shape index (κ1) is 16.5. The fraction of sp³-hybridized carbons (Fsp3) is 0. The molecule has 0 saturated heterocycles. The second-order valence-electron chi connectivity index (χ2n) is 0.485. The summed E-state index contributed by atoms with van der Waals surface area (Å²) in [6.07, 6.45) is 0. The van der Waals surface area contributed by atoms with Crippen LogP contribution >= 0.6 is 0 Å². The van der Waals surface area contributed by atoms with Gasteiger partial charge in [0.25, 0.3) is 0 Å². The Morgan fingerprint density at radius 1 is 1.38 bits per heavy atom. The Kier molecular flexibility index (Phi) is 24.0. The van der Waals surface area contributed by atoms with Crippen molar-refractivity contribution < 1.29 is 26.6 Å². The molecule has 0 radical (unpaired) electrons. The number of rotatable bonds is 2. The van der Waals surface area contributed by atoms with Gasteiger partial charge in [-0.3, -0.25) is 0 Å². The first-order valence-corrected chi connectivity index (χ1v) is 1.04. The van der Waals surface area contributed by atoms with E-state index in [0.717, 1.165) is 0 Å². The van der Waals surface area contributed by atoms with Crippen LogP contribution in [0.15, 0.2) is 0 Å². The molecule has 0 aliphatic rings. The summed E-state index contributed by atoms with van der Waals surface area (Å²) in [4.78, 5) is 4.72. The normalized spacial score (nSPS) is 6.38. The molecule has 0 aliphatic heterocycles. The van der Waals surface area contributed by atoms with Crippen LogP contribution in [0.3, 0.4) is 0 Å². The maximum absolute atomic E-state index is 10.3. The van der Waals surface area contributed by atoms with Crippen LogP contribution in [-0.4, -0.2) is 78.6 Å². The van der Waals surface area contributed by atoms with Crippen molar-refractivity contribution in [1.29, 1.82) is 0 Å². The standard InChI is InChI=1S/Al.BF2HO3.Ba.5H/c;2-5-1(4)6-3;;;;;;/h;4H;;;;;;/q;;+2;;;;2*-1. The van der Waals surface area contributed by atoms with Gasteiger partial charge in [0.1, 0.15) is 0 Å². The minimum Gasteiger partial charge on any atom is -1.00 e. The molecule has 0 fully saturated rings. The Morgan fingerprint density at radius 2 is 1.62 bits per heavy atom. The topological polar surface area (TPSA) is 38.7 Å². The molecule has 0 aromatic heterocycles. The van der Waals surface area contributed by atoms with Crippen molar-refractivity contribution in [3.05, 3.63) is 0 Å². The van der Waals surface area contributed by atoms with Crippen molar-refractivity contribution >= 4 is 73.6 Å². The molecule has 1 N–H and O–H groups in total. The smallest absolute Gasteiger partial charge is 1.00 e. The summed E-state index contributed by atoms with van der Waals surface area (Å²) in [5, 5.41) is 7.47. The average molecular weight is 267 g/mol.